The summed E-state index contributed by atoms with van der Waals surface area (Å²) in [5, 5.41) is 0.514. The van der Waals surface area contributed by atoms with Crippen molar-refractivity contribution in [1.29, 1.82) is 0 Å². The van der Waals surface area contributed by atoms with Crippen LogP contribution < -0.4 is 5.43 Å². The number of ether oxygens (including phenoxy) is 1. The quantitative estimate of drug-likeness (QED) is 0.459. The Morgan fingerprint density at radius 1 is 1.11 bits per heavy atom. The smallest absolute Gasteiger partial charge is 0.331 e. The molecule has 0 bridgehead atoms. The van der Waals surface area contributed by atoms with E-state index in [1.807, 2.05) is 41.3 Å². The van der Waals surface area contributed by atoms with E-state index >= 15 is 0 Å². The lowest BCUT2D eigenvalue weighted by atomic mass is 10.1. The summed E-state index contributed by atoms with van der Waals surface area (Å²) in [6.45, 7) is 4.55. The lowest BCUT2D eigenvalue weighted by molar-refractivity contribution is -0.134. The van der Waals surface area contributed by atoms with Crippen molar-refractivity contribution in [2.45, 2.75) is 13.1 Å². The summed E-state index contributed by atoms with van der Waals surface area (Å²) in [6.07, 6.45) is 4.49. The summed E-state index contributed by atoms with van der Waals surface area (Å²) >= 11 is 0. The van der Waals surface area contributed by atoms with Crippen molar-refractivity contribution in [3.8, 4) is 0 Å². The molecule has 2 aromatic carbocycles. The minimum absolute atomic E-state index is 0.110. The van der Waals surface area contributed by atoms with Crippen molar-refractivity contribution in [2.24, 2.45) is 0 Å². The van der Waals surface area contributed by atoms with E-state index in [9.17, 15) is 9.59 Å². The van der Waals surface area contributed by atoms with Gasteiger partial charge in [-0.1, -0.05) is 49.0 Å². The van der Waals surface area contributed by atoms with Gasteiger partial charge < -0.3 is 14.1 Å². The summed E-state index contributed by atoms with van der Waals surface area (Å²) in [7, 11) is 1.32. The Morgan fingerprint density at radius 2 is 1.82 bits per heavy atom. The molecule has 1 heterocycles. The molecule has 142 valence electrons. The highest BCUT2D eigenvalue weighted by Crippen LogP contribution is 2.19. The molecule has 0 amide bonds. The van der Waals surface area contributed by atoms with Crippen molar-refractivity contribution in [1.82, 2.24) is 4.90 Å². The zero-order valence-electron chi connectivity index (χ0n) is 15.6. The number of hydrogen-bond acceptors (Lipinski definition) is 5. The molecule has 0 atom stereocenters. The molecule has 0 aliphatic heterocycles. The monoisotopic (exact) mass is 375 g/mol. The molecule has 0 radical (unpaired) electrons. The van der Waals surface area contributed by atoms with Gasteiger partial charge in [-0.2, -0.15) is 0 Å². The van der Waals surface area contributed by atoms with E-state index in [1.165, 1.54) is 19.3 Å². The fourth-order valence-corrected chi connectivity index (χ4v) is 2.93. The third kappa shape index (κ3) is 4.38. The summed E-state index contributed by atoms with van der Waals surface area (Å²) in [6, 6.07) is 16.9. The molecule has 1 aromatic heterocycles. The topological polar surface area (TPSA) is 59.8 Å². The molecule has 0 saturated carbocycles. The van der Waals surface area contributed by atoms with Gasteiger partial charge in [-0.05, 0) is 23.8 Å². The molecule has 0 saturated heterocycles. The number of methoxy groups -OCH3 is 1. The van der Waals surface area contributed by atoms with Crippen LogP contribution in [-0.4, -0.2) is 18.0 Å². The Bertz CT molecular complexity index is 1070. The zero-order chi connectivity index (χ0) is 19.9. The molecule has 0 aliphatic rings. The summed E-state index contributed by atoms with van der Waals surface area (Å²) in [5.74, 6) is -0.0409. The molecular weight excluding hydrogens is 354 g/mol. The number of para-hydroxylation sites is 1. The van der Waals surface area contributed by atoms with Gasteiger partial charge in [-0.3, -0.25) is 4.79 Å². The van der Waals surface area contributed by atoms with Gasteiger partial charge in [-0.15, -0.1) is 0 Å². The van der Waals surface area contributed by atoms with E-state index in [4.69, 9.17) is 4.42 Å². The first-order valence-electron chi connectivity index (χ1n) is 8.83. The average molecular weight is 375 g/mol. The molecule has 5 heteroatoms. The number of rotatable bonds is 7. The molecule has 0 unspecified atom stereocenters. The molecule has 0 spiro atoms. The minimum Gasteiger partial charge on any atom is -0.466 e. The predicted molar refractivity (Wildman–Crippen MR) is 109 cm³/mol. The fraction of sp³-hybridized carbons (Fsp3) is 0.130. The second-order valence-electron chi connectivity index (χ2n) is 6.20. The Labute approximate surface area is 163 Å². The lowest BCUT2D eigenvalue weighted by Crippen LogP contribution is -2.23. The van der Waals surface area contributed by atoms with E-state index in [2.05, 4.69) is 11.3 Å². The fourth-order valence-electron chi connectivity index (χ4n) is 2.93. The van der Waals surface area contributed by atoms with Crippen LogP contribution in [0.15, 0.2) is 82.7 Å². The van der Waals surface area contributed by atoms with Gasteiger partial charge in [0, 0.05) is 18.8 Å². The molecule has 3 aromatic rings. The zero-order valence-corrected chi connectivity index (χ0v) is 15.6. The molecular formula is C23H21NO4. The Kier molecular flexibility index (Phi) is 6.07. The third-order valence-corrected chi connectivity index (χ3v) is 4.32. The van der Waals surface area contributed by atoms with E-state index in [0.29, 0.717) is 28.8 Å². The standard InChI is InChI=1S/C23H21NO4/c1-3-20-19(23(26)18-11-7-8-12-21(18)28-20)16-24(14-13-22(25)27-2)15-17-9-5-4-6-10-17/h3-14H,1,15-16H2,2H3/b14-13+. The Balaban J connectivity index is 2.00. The first-order chi connectivity index (χ1) is 13.6. The van der Waals surface area contributed by atoms with Crippen molar-refractivity contribution < 1.29 is 13.9 Å². The van der Waals surface area contributed by atoms with Crippen LogP contribution in [0.3, 0.4) is 0 Å². The summed E-state index contributed by atoms with van der Waals surface area (Å²) in [4.78, 5) is 26.5. The highest BCUT2D eigenvalue weighted by atomic mass is 16.5. The summed E-state index contributed by atoms with van der Waals surface area (Å²) in [5.41, 5.74) is 1.94. The molecule has 0 aliphatic carbocycles. The van der Waals surface area contributed by atoms with Gasteiger partial charge in [0.15, 0.2) is 5.43 Å². The molecule has 28 heavy (non-hydrogen) atoms. The SMILES string of the molecule is C=Cc1oc2ccccc2c(=O)c1CN(/C=C/C(=O)OC)Cc1ccccc1. The number of hydrogen-bond donors (Lipinski definition) is 0. The van der Waals surface area contributed by atoms with Gasteiger partial charge in [0.1, 0.15) is 11.3 Å². The highest BCUT2D eigenvalue weighted by Gasteiger charge is 2.15. The number of benzene rings is 2. The van der Waals surface area contributed by atoms with Crippen molar-refractivity contribution in [2.75, 3.05) is 7.11 Å². The van der Waals surface area contributed by atoms with Crippen LogP contribution in [0.25, 0.3) is 17.0 Å². The molecule has 5 nitrogen and oxygen atoms in total. The minimum atomic E-state index is -0.465. The van der Waals surface area contributed by atoms with Crippen LogP contribution in [-0.2, 0) is 22.6 Å². The number of carbonyl (C=O) groups is 1. The van der Waals surface area contributed by atoms with E-state index < -0.39 is 5.97 Å². The Morgan fingerprint density at radius 3 is 2.54 bits per heavy atom. The lowest BCUT2D eigenvalue weighted by Gasteiger charge is -2.21. The van der Waals surface area contributed by atoms with Gasteiger partial charge >= 0.3 is 5.97 Å². The van der Waals surface area contributed by atoms with Crippen LogP contribution >= 0.6 is 0 Å². The van der Waals surface area contributed by atoms with Gasteiger partial charge in [0.05, 0.1) is 24.6 Å². The number of carbonyl (C=O) groups excluding carboxylic acids is 1. The van der Waals surface area contributed by atoms with E-state index in [0.717, 1.165) is 5.56 Å². The number of esters is 1. The normalized spacial score (nSPS) is 10.9. The molecule has 0 fully saturated rings. The van der Waals surface area contributed by atoms with Crippen molar-refractivity contribution >= 4 is 23.0 Å². The van der Waals surface area contributed by atoms with Crippen LogP contribution in [0.5, 0.6) is 0 Å². The highest BCUT2D eigenvalue weighted by molar-refractivity contribution is 5.81. The molecule has 3 rings (SSSR count). The van der Waals surface area contributed by atoms with Crippen LogP contribution in [0, 0.1) is 0 Å². The summed E-state index contributed by atoms with van der Waals surface area (Å²) < 4.78 is 10.5. The van der Waals surface area contributed by atoms with Crippen molar-refractivity contribution in [3.63, 3.8) is 0 Å². The number of nitrogens with zero attached hydrogens (tertiary/aromatic N) is 1. The first kappa shape index (κ1) is 19.2. The average Bonchev–Trinajstić information content (AvgIpc) is 2.74. The maximum absolute atomic E-state index is 13.0. The second-order valence-corrected chi connectivity index (χ2v) is 6.20. The van der Waals surface area contributed by atoms with Crippen molar-refractivity contribution in [3.05, 3.63) is 101 Å². The maximum Gasteiger partial charge on any atom is 0.331 e. The van der Waals surface area contributed by atoms with Gasteiger partial charge in [-0.25, -0.2) is 4.79 Å². The second kappa shape index (κ2) is 8.86. The van der Waals surface area contributed by atoms with Gasteiger partial charge in [0.25, 0.3) is 0 Å². The maximum atomic E-state index is 13.0. The van der Waals surface area contributed by atoms with Crippen LogP contribution in [0.2, 0.25) is 0 Å². The predicted octanol–water partition coefficient (Wildman–Crippen LogP) is 4.12. The van der Waals surface area contributed by atoms with E-state index in [1.54, 1.807) is 24.4 Å². The number of fused-ring (bicyclic) bond motifs is 1. The first-order valence-corrected chi connectivity index (χ1v) is 8.83. The van der Waals surface area contributed by atoms with Crippen LogP contribution in [0.1, 0.15) is 16.9 Å². The largest absolute Gasteiger partial charge is 0.466 e. The van der Waals surface area contributed by atoms with Crippen LogP contribution in [0.4, 0.5) is 0 Å². The Hall–Kier alpha value is -3.60. The molecule has 0 N–H and O–H groups in total. The van der Waals surface area contributed by atoms with E-state index in [-0.39, 0.29) is 12.0 Å². The van der Waals surface area contributed by atoms with Gasteiger partial charge in [0.2, 0.25) is 0 Å². The third-order valence-electron chi connectivity index (χ3n) is 4.32.